The molecule has 0 aromatic heterocycles. The van der Waals surface area contributed by atoms with Gasteiger partial charge in [-0.05, 0) is 18.0 Å². The molecule has 0 aliphatic carbocycles. The van der Waals surface area contributed by atoms with Crippen LogP contribution in [0.15, 0.2) is 30.3 Å². The van der Waals surface area contributed by atoms with Crippen LogP contribution < -0.4 is 0 Å². The maximum Gasteiger partial charge on any atom is 0.172 e. The normalized spacial score (nSPS) is 15.9. The summed E-state index contributed by atoms with van der Waals surface area (Å²) >= 11 is 0. The first-order valence-corrected chi connectivity index (χ1v) is 6.32. The Morgan fingerprint density at radius 3 is 2.36 bits per heavy atom. The molecule has 0 spiro atoms. The summed E-state index contributed by atoms with van der Waals surface area (Å²) in [4.78, 5) is 0. The molecule has 0 bridgehead atoms. The zero-order valence-corrected chi connectivity index (χ0v) is 10.5. The van der Waals surface area contributed by atoms with E-state index < -0.39 is 9.76 Å². The maximum absolute atomic E-state index is 5.62. The highest BCUT2D eigenvalue weighted by Gasteiger charge is 2.08. The van der Waals surface area contributed by atoms with Gasteiger partial charge in [0, 0.05) is 7.11 Å². The summed E-state index contributed by atoms with van der Waals surface area (Å²) in [6, 6.07) is 10.5. The molecule has 0 saturated heterocycles. The van der Waals surface area contributed by atoms with Crippen LogP contribution in [0.5, 0.6) is 0 Å². The molecule has 0 amide bonds. The van der Waals surface area contributed by atoms with Crippen LogP contribution in [0.3, 0.4) is 0 Å². The van der Waals surface area contributed by atoms with E-state index in [1.807, 2.05) is 13.0 Å². The highest BCUT2D eigenvalue weighted by atomic mass is 28.2. The van der Waals surface area contributed by atoms with E-state index in [1.165, 1.54) is 5.56 Å². The number of methoxy groups -OCH3 is 1. The van der Waals surface area contributed by atoms with Crippen molar-refractivity contribution in [3.05, 3.63) is 35.9 Å². The van der Waals surface area contributed by atoms with Gasteiger partial charge in [0.1, 0.15) is 6.29 Å². The van der Waals surface area contributed by atoms with Crippen molar-refractivity contribution < 1.29 is 9.16 Å². The van der Waals surface area contributed by atoms with Crippen LogP contribution in [0.1, 0.15) is 25.0 Å². The Labute approximate surface area is 88.2 Å². The third-order valence-electron chi connectivity index (χ3n) is 2.28. The van der Waals surface area contributed by atoms with E-state index in [0.717, 1.165) is 0 Å². The van der Waals surface area contributed by atoms with Crippen LogP contribution in [0.25, 0.3) is 0 Å². The molecule has 0 fully saturated rings. The van der Waals surface area contributed by atoms with Crippen molar-refractivity contribution in [2.45, 2.75) is 25.7 Å². The molecule has 3 heteroatoms. The molecule has 14 heavy (non-hydrogen) atoms. The lowest BCUT2D eigenvalue weighted by atomic mass is 10.2. The van der Waals surface area contributed by atoms with Gasteiger partial charge in [0.2, 0.25) is 0 Å². The summed E-state index contributed by atoms with van der Waals surface area (Å²) < 4.78 is 10.7. The molecule has 1 aromatic rings. The Balaban J connectivity index is 2.39. The molecule has 0 heterocycles. The first-order chi connectivity index (χ1) is 6.74. The summed E-state index contributed by atoms with van der Waals surface area (Å²) in [7, 11) is 1.13. The summed E-state index contributed by atoms with van der Waals surface area (Å²) in [6.45, 7) is 4.15. The second-order valence-electron chi connectivity index (χ2n) is 3.45. The fourth-order valence-corrected chi connectivity index (χ4v) is 2.39. The van der Waals surface area contributed by atoms with Crippen molar-refractivity contribution in [3.8, 4) is 0 Å². The smallest absolute Gasteiger partial charge is 0.172 e. The molecular weight excluding hydrogens is 192 g/mol. The molecular formula is C11H18O2Si. The third kappa shape index (κ3) is 3.62. The molecule has 0 radical (unpaired) electrons. The molecule has 0 N–H and O–H groups in total. The van der Waals surface area contributed by atoms with Crippen molar-refractivity contribution in [3.63, 3.8) is 0 Å². The molecule has 1 aromatic carbocycles. The molecule has 2 unspecified atom stereocenters. The molecule has 0 aliphatic heterocycles. The Morgan fingerprint density at radius 2 is 1.79 bits per heavy atom. The lowest BCUT2D eigenvalue weighted by Crippen LogP contribution is -2.17. The summed E-state index contributed by atoms with van der Waals surface area (Å²) in [5, 5.41) is 0. The number of hydrogen-bond donors (Lipinski definition) is 0. The molecule has 2 nitrogen and oxygen atoms in total. The maximum atomic E-state index is 5.62. The van der Waals surface area contributed by atoms with Gasteiger partial charge in [-0.2, -0.15) is 0 Å². The van der Waals surface area contributed by atoms with Crippen molar-refractivity contribution >= 4 is 9.76 Å². The van der Waals surface area contributed by atoms with Crippen molar-refractivity contribution in [1.29, 1.82) is 0 Å². The Morgan fingerprint density at radius 1 is 1.14 bits per heavy atom. The largest absolute Gasteiger partial charge is 0.399 e. The minimum atomic E-state index is -0.546. The number of rotatable bonds is 5. The average molecular weight is 210 g/mol. The van der Waals surface area contributed by atoms with E-state index in [2.05, 4.69) is 31.2 Å². The Hall–Kier alpha value is -0.643. The third-order valence-corrected chi connectivity index (χ3v) is 3.91. The van der Waals surface area contributed by atoms with Crippen molar-refractivity contribution in [2.75, 3.05) is 7.11 Å². The number of benzene rings is 1. The number of hydrogen-bond acceptors (Lipinski definition) is 2. The van der Waals surface area contributed by atoms with E-state index in [0.29, 0.717) is 5.54 Å². The lowest BCUT2D eigenvalue weighted by Gasteiger charge is -2.15. The Kier molecular flexibility index (Phi) is 4.86. The molecule has 2 atom stereocenters. The van der Waals surface area contributed by atoms with Crippen LogP contribution in [0, 0.1) is 0 Å². The monoisotopic (exact) mass is 210 g/mol. The van der Waals surface area contributed by atoms with Crippen LogP contribution >= 0.6 is 0 Å². The molecule has 0 aliphatic rings. The summed E-state index contributed by atoms with van der Waals surface area (Å²) in [6.07, 6.45) is -0.0622. The van der Waals surface area contributed by atoms with E-state index in [9.17, 15) is 0 Å². The van der Waals surface area contributed by atoms with Gasteiger partial charge in [0.05, 0.1) is 0 Å². The van der Waals surface area contributed by atoms with Gasteiger partial charge < -0.3 is 9.16 Å². The van der Waals surface area contributed by atoms with E-state index in [-0.39, 0.29) is 6.29 Å². The minimum absolute atomic E-state index is 0.0622. The molecule has 1 rings (SSSR count). The minimum Gasteiger partial charge on any atom is -0.399 e. The topological polar surface area (TPSA) is 18.5 Å². The first kappa shape index (κ1) is 11.4. The van der Waals surface area contributed by atoms with Gasteiger partial charge in [0.15, 0.2) is 9.76 Å². The van der Waals surface area contributed by atoms with Gasteiger partial charge in [0.25, 0.3) is 0 Å². The second-order valence-corrected chi connectivity index (χ2v) is 5.34. The van der Waals surface area contributed by atoms with Crippen LogP contribution in [-0.4, -0.2) is 23.2 Å². The van der Waals surface area contributed by atoms with E-state index in [1.54, 1.807) is 7.11 Å². The highest BCUT2D eigenvalue weighted by molar-refractivity contribution is 6.29. The van der Waals surface area contributed by atoms with E-state index in [4.69, 9.17) is 9.16 Å². The van der Waals surface area contributed by atoms with Crippen molar-refractivity contribution in [1.82, 2.24) is 0 Å². The summed E-state index contributed by atoms with van der Waals surface area (Å²) in [5.41, 5.74) is 1.91. The average Bonchev–Trinajstić information content (AvgIpc) is 2.26. The molecule has 0 saturated carbocycles. The van der Waals surface area contributed by atoms with Crippen LogP contribution in [0.4, 0.5) is 0 Å². The van der Waals surface area contributed by atoms with Gasteiger partial charge in [-0.15, -0.1) is 0 Å². The molecule has 78 valence electrons. The van der Waals surface area contributed by atoms with Crippen molar-refractivity contribution in [2.24, 2.45) is 0 Å². The van der Waals surface area contributed by atoms with Gasteiger partial charge in [-0.3, -0.25) is 0 Å². The number of ether oxygens (including phenoxy) is 1. The fourth-order valence-electron chi connectivity index (χ4n) is 1.23. The van der Waals surface area contributed by atoms with Crippen LogP contribution in [-0.2, 0) is 9.16 Å². The lowest BCUT2D eigenvalue weighted by molar-refractivity contribution is -0.0379. The van der Waals surface area contributed by atoms with Gasteiger partial charge >= 0.3 is 0 Å². The first-order valence-electron chi connectivity index (χ1n) is 4.93. The van der Waals surface area contributed by atoms with Gasteiger partial charge in [-0.25, -0.2) is 0 Å². The fraction of sp³-hybridized carbons (Fsp3) is 0.455. The second kappa shape index (κ2) is 5.96. The summed E-state index contributed by atoms with van der Waals surface area (Å²) in [5.74, 6) is 0. The Bertz CT molecular complexity index is 251. The van der Waals surface area contributed by atoms with Crippen LogP contribution in [0.2, 0.25) is 0 Å². The van der Waals surface area contributed by atoms with Gasteiger partial charge in [-0.1, -0.05) is 37.3 Å². The van der Waals surface area contributed by atoms with E-state index >= 15 is 0 Å². The highest BCUT2D eigenvalue weighted by Crippen LogP contribution is 2.13. The zero-order chi connectivity index (χ0) is 10.4. The quantitative estimate of drug-likeness (QED) is 0.545. The zero-order valence-electron chi connectivity index (χ0n) is 9.07. The predicted molar refractivity (Wildman–Crippen MR) is 61.0 cm³/mol. The predicted octanol–water partition coefficient (Wildman–Crippen LogP) is 1.84. The standard InChI is InChI=1S/C11H18O2Si/c1-9(14-13-10(2)12-3)11-7-5-4-6-8-11/h4-10H,14H2,1-3H3. The SMILES string of the molecule is COC(C)O[SiH2]C(C)c1ccccc1.